The van der Waals surface area contributed by atoms with Gasteiger partial charge in [0, 0.05) is 32.3 Å². The number of rotatable bonds is 6. The Hall–Kier alpha value is -2.15. The van der Waals surface area contributed by atoms with Crippen molar-refractivity contribution in [2.24, 2.45) is 0 Å². The van der Waals surface area contributed by atoms with Gasteiger partial charge in [0.25, 0.3) is 11.6 Å². The molecular weight excluding hydrogens is 262 g/mol. The molecule has 0 atom stereocenters. The monoisotopic (exact) mass is 281 g/mol. The van der Waals surface area contributed by atoms with E-state index in [0.29, 0.717) is 17.8 Å². The van der Waals surface area contributed by atoms with E-state index < -0.39 is 10.5 Å². The summed E-state index contributed by atoms with van der Waals surface area (Å²) in [6, 6.07) is 4.19. The molecule has 1 aromatic carbocycles. The van der Waals surface area contributed by atoms with Crippen molar-refractivity contribution in [1.82, 2.24) is 5.32 Å². The van der Waals surface area contributed by atoms with E-state index in [1.807, 2.05) is 13.8 Å². The minimum absolute atomic E-state index is 0.0791. The van der Waals surface area contributed by atoms with Gasteiger partial charge in [0.1, 0.15) is 5.69 Å². The average Bonchev–Trinajstić information content (AvgIpc) is 2.43. The molecule has 0 saturated carbocycles. The van der Waals surface area contributed by atoms with Gasteiger partial charge in [0.05, 0.1) is 10.5 Å². The minimum Gasteiger partial charge on any atom is -0.377 e. The van der Waals surface area contributed by atoms with Crippen molar-refractivity contribution >= 4 is 17.3 Å². The Labute approximate surface area is 117 Å². The van der Waals surface area contributed by atoms with E-state index in [1.54, 1.807) is 7.11 Å². The van der Waals surface area contributed by atoms with Gasteiger partial charge >= 0.3 is 0 Å². The summed E-state index contributed by atoms with van der Waals surface area (Å²) in [5.41, 5.74) is 0.0956. The van der Waals surface area contributed by atoms with Crippen molar-refractivity contribution in [3.63, 3.8) is 0 Å². The van der Waals surface area contributed by atoms with E-state index >= 15 is 0 Å². The maximum atomic E-state index is 11.6. The maximum absolute atomic E-state index is 11.6. The van der Waals surface area contributed by atoms with Crippen LogP contribution in [0, 0.1) is 10.1 Å². The molecule has 0 bridgehead atoms. The zero-order valence-electron chi connectivity index (χ0n) is 12.0. The fourth-order valence-corrected chi connectivity index (χ4v) is 1.50. The third kappa shape index (κ3) is 3.92. The van der Waals surface area contributed by atoms with Crippen molar-refractivity contribution in [2.75, 3.05) is 26.0 Å². The van der Waals surface area contributed by atoms with Crippen LogP contribution in [0.3, 0.4) is 0 Å². The first-order valence-corrected chi connectivity index (χ1v) is 6.10. The van der Waals surface area contributed by atoms with E-state index in [0.717, 1.165) is 0 Å². The Morgan fingerprint density at radius 1 is 1.45 bits per heavy atom. The molecule has 0 aliphatic rings. The lowest BCUT2D eigenvalue weighted by Crippen LogP contribution is -2.32. The van der Waals surface area contributed by atoms with E-state index in [4.69, 9.17) is 4.74 Å². The van der Waals surface area contributed by atoms with Crippen LogP contribution in [-0.4, -0.2) is 37.1 Å². The Bertz CT molecular complexity index is 514. The summed E-state index contributed by atoms with van der Waals surface area (Å²) < 4.78 is 5.25. The normalized spacial score (nSPS) is 11.0. The molecule has 0 fully saturated rings. The van der Waals surface area contributed by atoms with Gasteiger partial charge in [-0.2, -0.15) is 0 Å². The quantitative estimate of drug-likeness (QED) is 0.612. The van der Waals surface area contributed by atoms with Crippen LogP contribution >= 0.6 is 0 Å². The van der Waals surface area contributed by atoms with Crippen LogP contribution < -0.4 is 10.6 Å². The predicted molar refractivity (Wildman–Crippen MR) is 76.1 cm³/mol. The Morgan fingerprint density at radius 3 is 2.60 bits per heavy atom. The van der Waals surface area contributed by atoms with Crippen molar-refractivity contribution in [2.45, 2.75) is 19.4 Å². The summed E-state index contributed by atoms with van der Waals surface area (Å²) in [6.07, 6.45) is 0. The molecule has 0 saturated heterocycles. The summed E-state index contributed by atoms with van der Waals surface area (Å²) in [6.45, 7) is 4.09. The Kier molecular flexibility index (Phi) is 5.04. The van der Waals surface area contributed by atoms with Crippen LogP contribution in [0.2, 0.25) is 0 Å². The van der Waals surface area contributed by atoms with Crippen LogP contribution in [0.1, 0.15) is 24.2 Å². The summed E-state index contributed by atoms with van der Waals surface area (Å²) in [5, 5.41) is 16.4. The van der Waals surface area contributed by atoms with E-state index in [2.05, 4.69) is 10.6 Å². The highest BCUT2D eigenvalue weighted by atomic mass is 16.6. The smallest absolute Gasteiger partial charge is 0.292 e. The number of methoxy groups -OCH3 is 1. The van der Waals surface area contributed by atoms with Gasteiger partial charge < -0.3 is 15.4 Å². The molecule has 0 heterocycles. The highest BCUT2D eigenvalue weighted by Crippen LogP contribution is 2.26. The molecule has 0 radical (unpaired) electrons. The summed E-state index contributed by atoms with van der Waals surface area (Å²) in [7, 11) is 3.07. The number of nitrogens with one attached hydrogen (secondary N) is 2. The lowest BCUT2D eigenvalue weighted by molar-refractivity contribution is -0.384. The molecule has 1 amide bonds. The van der Waals surface area contributed by atoms with E-state index in [1.165, 1.54) is 25.2 Å². The van der Waals surface area contributed by atoms with Gasteiger partial charge in [0.2, 0.25) is 0 Å². The number of nitro groups is 1. The van der Waals surface area contributed by atoms with Crippen molar-refractivity contribution in [3.05, 3.63) is 33.9 Å². The number of nitro benzene ring substituents is 1. The predicted octanol–water partition coefficient (Wildman–Crippen LogP) is 1.79. The number of carbonyl (C=O) groups excluding carboxylic acids is 1. The number of ether oxygens (including phenoxy) is 1. The molecule has 110 valence electrons. The molecule has 7 nitrogen and oxygen atoms in total. The number of amides is 1. The number of benzene rings is 1. The van der Waals surface area contributed by atoms with Crippen LogP contribution in [-0.2, 0) is 4.74 Å². The molecule has 1 rings (SSSR count). The Balaban J connectivity index is 3.06. The fraction of sp³-hybridized carbons (Fsp3) is 0.462. The molecule has 0 aliphatic carbocycles. The van der Waals surface area contributed by atoms with Gasteiger partial charge in [-0.1, -0.05) is 0 Å². The third-order valence-corrected chi connectivity index (χ3v) is 2.94. The summed E-state index contributed by atoms with van der Waals surface area (Å²) in [5.74, 6) is -0.297. The molecule has 0 unspecified atom stereocenters. The zero-order chi connectivity index (χ0) is 15.3. The van der Waals surface area contributed by atoms with Gasteiger partial charge in [-0.05, 0) is 26.0 Å². The van der Waals surface area contributed by atoms with Crippen LogP contribution in [0.15, 0.2) is 18.2 Å². The van der Waals surface area contributed by atoms with Crippen molar-refractivity contribution in [1.29, 1.82) is 0 Å². The lowest BCUT2D eigenvalue weighted by atomic mass is 10.1. The highest BCUT2D eigenvalue weighted by molar-refractivity contribution is 5.95. The van der Waals surface area contributed by atoms with Crippen molar-refractivity contribution < 1.29 is 14.5 Å². The number of anilines is 1. The first kappa shape index (κ1) is 15.9. The molecule has 1 aromatic rings. The largest absolute Gasteiger partial charge is 0.377 e. The van der Waals surface area contributed by atoms with Gasteiger partial charge in [-0.3, -0.25) is 14.9 Å². The molecule has 20 heavy (non-hydrogen) atoms. The SMILES string of the molecule is CNC(=O)c1ccc([N+](=O)[O-])c(NCC(C)(C)OC)c1. The molecule has 0 aliphatic heterocycles. The first-order valence-electron chi connectivity index (χ1n) is 6.10. The molecular formula is C13H19N3O4. The van der Waals surface area contributed by atoms with Crippen LogP contribution in [0.25, 0.3) is 0 Å². The lowest BCUT2D eigenvalue weighted by Gasteiger charge is -2.23. The van der Waals surface area contributed by atoms with Crippen LogP contribution in [0.4, 0.5) is 11.4 Å². The van der Waals surface area contributed by atoms with Gasteiger partial charge in [-0.15, -0.1) is 0 Å². The molecule has 0 aromatic heterocycles. The first-order chi connectivity index (χ1) is 9.30. The second kappa shape index (κ2) is 6.33. The second-order valence-electron chi connectivity index (χ2n) is 4.89. The van der Waals surface area contributed by atoms with Crippen LogP contribution in [0.5, 0.6) is 0 Å². The fourth-order valence-electron chi connectivity index (χ4n) is 1.50. The van der Waals surface area contributed by atoms with E-state index in [-0.39, 0.29) is 11.6 Å². The Morgan fingerprint density at radius 2 is 2.10 bits per heavy atom. The minimum atomic E-state index is -0.490. The van der Waals surface area contributed by atoms with Gasteiger partial charge in [0.15, 0.2) is 0 Å². The topological polar surface area (TPSA) is 93.5 Å². The molecule has 0 spiro atoms. The second-order valence-corrected chi connectivity index (χ2v) is 4.89. The van der Waals surface area contributed by atoms with Crippen molar-refractivity contribution in [3.8, 4) is 0 Å². The number of hydrogen-bond donors (Lipinski definition) is 2. The van der Waals surface area contributed by atoms with E-state index in [9.17, 15) is 14.9 Å². The third-order valence-electron chi connectivity index (χ3n) is 2.94. The standard InChI is InChI=1S/C13H19N3O4/c1-13(2,20-4)8-15-10-7-9(12(17)14-3)5-6-11(10)16(18)19/h5-7,15H,8H2,1-4H3,(H,14,17). The summed E-state index contributed by atoms with van der Waals surface area (Å²) >= 11 is 0. The maximum Gasteiger partial charge on any atom is 0.292 e. The highest BCUT2D eigenvalue weighted by Gasteiger charge is 2.20. The van der Waals surface area contributed by atoms with Gasteiger partial charge in [-0.25, -0.2) is 0 Å². The zero-order valence-corrected chi connectivity index (χ0v) is 12.0. The average molecular weight is 281 g/mol. The molecule has 2 N–H and O–H groups in total. The molecule has 7 heteroatoms. The number of hydrogen-bond acceptors (Lipinski definition) is 5. The number of nitrogens with zero attached hydrogens (tertiary/aromatic N) is 1. The summed E-state index contributed by atoms with van der Waals surface area (Å²) in [4.78, 5) is 22.1. The number of carbonyl (C=O) groups is 1.